The summed E-state index contributed by atoms with van der Waals surface area (Å²) < 4.78 is 0. The maximum absolute atomic E-state index is 7.38. The van der Waals surface area contributed by atoms with Gasteiger partial charge in [0.15, 0.2) is 0 Å². The molecule has 0 spiro atoms. The highest BCUT2D eigenvalue weighted by molar-refractivity contribution is 5.97. The summed E-state index contributed by atoms with van der Waals surface area (Å²) in [5, 5.41) is 10.4. The topological polar surface area (TPSA) is 61.9 Å². The van der Waals surface area contributed by atoms with Crippen molar-refractivity contribution >= 4 is 5.84 Å². The lowest BCUT2D eigenvalue weighted by Crippen LogP contribution is -2.20. The number of nitrogens with one attached hydrogen (secondary N) is 2. The second kappa shape index (κ2) is 3.01. The second-order valence-corrected chi connectivity index (χ2v) is 3.16. The van der Waals surface area contributed by atoms with Gasteiger partial charge in [0, 0.05) is 18.3 Å². The lowest BCUT2D eigenvalue weighted by molar-refractivity contribution is 0.737. The van der Waals surface area contributed by atoms with E-state index in [1.807, 2.05) is 7.05 Å². The van der Waals surface area contributed by atoms with Gasteiger partial charge in [-0.25, -0.2) is 0 Å². The summed E-state index contributed by atoms with van der Waals surface area (Å²) in [4.78, 5) is 0. The summed E-state index contributed by atoms with van der Waals surface area (Å²) in [5.74, 6) is 0.489. The lowest BCUT2D eigenvalue weighted by atomic mass is 10.0. The van der Waals surface area contributed by atoms with Gasteiger partial charge in [-0.3, -0.25) is 5.41 Å². The smallest absolute Gasteiger partial charge is 0.121 e. The molecular weight excluding hydrogens is 150 g/mol. The minimum absolute atomic E-state index is 0.158. The first-order valence-electron chi connectivity index (χ1n) is 4.02. The van der Waals surface area contributed by atoms with Gasteiger partial charge in [0.05, 0.1) is 0 Å². The van der Waals surface area contributed by atoms with Gasteiger partial charge in [-0.15, -0.1) is 0 Å². The molecule has 0 aliphatic heterocycles. The van der Waals surface area contributed by atoms with Crippen LogP contribution in [0.25, 0.3) is 0 Å². The van der Waals surface area contributed by atoms with Crippen LogP contribution in [-0.2, 0) is 0 Å². The number of nitrogens with two attached hydrogens (primary N) is 1. The van der Waals surface area contributed by atoms with Crippen molar-refractivity contribution in [3.63, 3.8) is 0 Å². The molecule has 0 aromatic carbocycles. The Hall–Kier alpha value is -1.25. The van der Waals surface area contributed by atoms with Gasteiger partial charge >= 0.3 is 0 Å². The zero-order valence-electron chi connectivity index (χ0n) is 7.57. The molecule has 12 heavy (non-hydrogen) atoms. The van der Waals surface area contributed by atoms with Gasteiger partial charge in [-0.1, -0.05) is 13.5 Å². The molecule has 0 aromatic rings. The Morgan fingerprint density at radius 2 is 2.33 bits per heavy atom. The van der Waals surface area contributed by atoms with E-state index < -0.39 is 0 Å². The first-order chi connectivity index (χ1) is 5.57. The van der Waals surface area contributed by atoms with Gasteiger partial charge in [-0.05, 0) is 17.9 Å². The van der Waals surface area contributed by atoms with Crippen LogP contribution in [0.1, 0.15) is 13.3 Å². The largest absolute Gasteiger partial charge is 0.388 e. The van der Waals surface area contributed by atoms with E-state index in [9.17, 15) is 0 Å². The van der Waals surface area contributed by atoms with E-state index in [1.165, 1.54) is 0 Å². The molecule has 3 heteroatoms. The first kappa shape index (κ1) is 8.84. The van der Waals surface area contributed by atoms with E-state index in [0.717, 1.165) is 23.3 Å². The zero-order valence-corrected chi connectivity index (χ0v) is 7.57. The van der Waals surface area contributed by atoms with E-state index in [-0.39, 0.29) is 5.84 Å². The van der Waals surface area contributed by atoms with E-state index >= 15 is 0 Å². The van der Waals surface area contributed by atoms with Gasteiger partial charge in [0.25, 0.3) is 0 Å². The normalized spacial score (nSPS) is 23.2. The Kier molecular flexibility index (Phi) is 2.22. The summed E-state index contributed by atoms with van der Waals surface area (Å²) >= 11 is 0. The molecule has 0 unspecified atom stereocenters. The van der Waals surface area contributed by atoms with Crippen molar-refractivity contribution in [2.24, 2.45) is 11.7 Å². The van der Waals surface area contributed by atoms with Crippen molar-refractivity contribution < 1.29 is 0 Å². The highest BCUT2D eigenvalue weighted by atomic mass is 14.9. The quantitative estimate of drug-likeness (QED) is 0.422. The molecule has 1 aliphatic carbocycles. The van der Waals surface area contributed by atoms with E-state index in [0.29, 0.717) is 5.92 Å². The molecule has 0 amide bonds. The molecule has 4 N–H and O–H groups in total. The van der Waals surface area contributed by atoms with Crippen LogP contribution in [0.3, 0.4) is 0 Å². The molecule has 66 valence electrons. The van der Waals surface area contributed by atoms with Crippen LogP contribution >= 0.6 is 0 Å². The fourth-order valence-electron chi connectivity index (χ4n) is 1.72. The third-order valence-corrected chi connectivity index (χ3v) is 2.21. The summed E-state index contributed by atoms with van der Waals surface area (Å²) in [5.41, 5.74) is 8.37. The second-order valence-electron chi connectivity index (χ2n) is 3.16. The summed E-state index contributed by atoms with van der Waals surface area (Å²) in [6, 6.07) is 0. The summed E-state index contributed by atoms with van der Waals surface area (Å²) in [6.07, 6.45) is 0.908. The number of hydrogen-bond acceptors (Lipinski definition) is 2. The fraction of sp³-hybridized carbons (Fsp3) is 0.444. The predicted molar refractivity (Wildman–Crippen MR) is 50.9 cm³/mol. The van der Waals surface area contributed by atoms with E-state index in [2.05, 4.69) is 18.8 Å². The average Bonchev–Trinajstić information content (AvgIpc) is 2.24. The maximum atomic E-state index is 7.38. The van der Waals surface area contributed by atoms with Crippen molar-refractivity contribution in [2.45, 2.75) is 13.3 Å². The number of likely N-dealkylation sites (N-methyl/N-ethyl adjacent to an activating group) is 1. The molecule has 0 saturated heterocycles. The predicted octanol–water partition coefficient (Wildman–Crippen LogP) is 0.992. The molecule has 0 radical (unpaired) electrons. The minimum Gasteiger partial charge on any atom is -0.388 e. The molecular formula is C9H15N3. The molecule has 0 saturated carbocycles. The Labute approximate surface area is 72.8 Å². The zero-order chi connectivity index (χ0) is 9.30. The minimum atomic E-state index is 0.158. The highest BCUT2D eigenvalue weighted by Crippen LogP contribution is 2.32. The lowest BCUT2D eigenvalue weighted by Gasteiger charge is -2.07. The average molecular weight is 165 g/mol. The standard InChI is InChI=1S/C9H15N3/c1-5-4-6(2)8(12-3)7(5)9(10)11/h5,12H,2,4H2,1,3H3,(H3,10,11)/t5-/m1/s1. The van der Waals surface area contributed by atoms with Crippen LogP contribution in [0.2, 0.25) is 0 Å². The van der Waals surface area contributed by atoms with Crippen LogP contribution in [0.5, 0.6) is 0 Å². The Morgan fingerprint density at radius 3 is 2.67 bits per heavy atom. The first-order valence-corrected chi connectivity index (χ1v) is 4.02. The van der Waals surface area contributed by atoms with Crippen LogP contribution in [-0.4, -0.2) is 12.9 Å². The van der Waals surface area contributed by atoms with Gasteiger partial charge < -0.3 is 11.1 Å². The Morgan fingerprint density at radius 1 is 1.75 bits per heavy atom. The molecule has 0 aromatic heterocycles. The van der Waals surface area contributed by atoms with Gasteiger partial charge in [0.1, 0.15) is 5.84 Å². The SMILES string of the molecule is C=C1C[C@@H](C)C(C(=N)N)=C1NC. The summed E-state index contributed by atoms with van der Waals surface area (Å²) in [6.45, 7) is 5.98. The van der Waals surface area contributed by atoms with Gasteiger partial charge in [-0.2, -0.15) is 0 Å². The molecule has 1 rings (SSSR count). The van der Waals surface area contributed by atoms with E-state index in [4.69, 9.17) is 11.1 Å². The van der Waals surface area contributed by atoms with Crippen LogP contribution in [0.15, 0.2) is 23.4 Å². The third-order valence-electron chi connectivity index (χ3n) is 2.21. The van der Waals surface area contributed by atoms with Crippen LogP contribution < -0.4 is 11.1 Å². The highest BCUT2D eigenvalue weighted by Gasteiger charge is 2.25. The molecule has 1 atom stereocenters. The maximum Gasteiger partial charge on any atom is 0.121 e. The van der Waals surface area contributed by atoms with Crippen molar-refractivity contribution in [3.05, 3.63) is 23.4 Å². The number of allylic oxidation sites excluding steroid dienone is 1. The molecule has 1 aliphatic rings. The molecule has 0 bridgehead atoms. The molecule has 0 fully saturated rings. The van der Waals surface area contributed by atoms with Crippen LogP contribution in [0, 0.1) is 11.3 Å². The number of hydrogen-bond donors (Lipinski definition) is 3. The van der Waals surface area contributed by atoms with Crippen molar-refractivity contribution in [1.82, 2.24) is 5.32 Å². The van der Waals surface area contributed by atoms with Crippen molar-refractivity contribution in [2.75, 3.05) is 7.05 Å². The Bertz CT molecular complexity index is 263. The van der Waals surface area contributed by atoms with Crippen molar-refractivity contribution in [1.29, 1.82) is 5.41 Å². The fourth-order valence-corrected chi connectivity index (χ4v) is 1.72. The third kappa shape index (κ3) is 1.22. The van der Waals surface area contributed by atoms with E-state index in [1.54, 1.807) is 0 Å². The monoisotopic (exact) mass is 165 g/mol. The van der Waals surface area contributed by atoms with Crippen LogP contribution in [0.4, 0.5) is 0 Å². The molecule has 0 heterocycles. The Balaban J connectivity index is 3.09. The van der Waals surface area contributed by atoms with Gasteiger partial charge in [0.2, 0.25) is 0 Å². The number of amidine groups is 1. The molecule has 3 nitrogen and oxygen atoms in total. The number of rotatable bonds is 2. The summed E-state index contributed by atoms with van der Waals surface area (Å²) in [7, 11) is 1.83. The van der Waals surface area contributed by atoms with Crippen molar-refractivity contribution in [3.8, 4) is 0 Å².